The average molecular weight is 511 g/mol. The number of anilines is 1. The average Bonchev–Trinajstić information content (AvgIpc) is 2.72. The van der Waals surface area contributed by atoms with Crippen molar-refractivity contribution in [1.82, 2.24) is 0 Å². The first-order valence-electron chi connectivity index (χ1n) is 8.99. The van der Waals surface area contributed by atoms with Crippen LogP contribution in [0.25, 0.3) is 6.08 Å². The summed E-state index contributed by atoms with van der Waals surface area (Å²) in [5.74, 6) is -0.649. The molecule has 0 saturated carbocycles. The molecule has 0 atom stereocenters. The number of fused-ring (bicyclic) bond motifs is 1. The molecule has 158 valence electrons. The van der Waals surface area contributed by atoms with Crippen LogP contribution in [-0.4, -0.2) is 14.3 Å². The Balaban J connectivity index is 1.62. The van der Waals surface area contributed by atoms with Gasteiger partial charge in [-0.2, -0.15) is 0 Å². The van der Waals surface area contributed by atoms with Gasteiger partial charge in [0.15, 0.2) is 9.84 Å². The number of thioether (sulfide) groups is 1. The van der Waals surface area contributed by atoms with Crippen LogP contribution in [-0.2, 0) is 20.4 Å². The van der Waals surface area contributed by atoms with Gasteiger partial charge >= 0.3 is 0 Å². The summed E-state index contributed by atoms with van der Waals surface area (Å²) < 4.78 is 25.9. The molecule has 3 aromatic rings. The van der Waals surface area contributed by atoms with Gasteiger partial charge in [0, 0.05) is 25.5 Å². The molecule has 0 saturated heterocycles. The number of sulfone groups is 1. The highest BCUT2D eigenvalue weighted by Crippen LogP contribution is 2.40. The first-order valence-corrected chi connectivity index (χ1v) is 12.6. The first-order chi connectivity index (χ1) is 14.7. The third-order valence-corrected chi connectivity index (χ3v) is 8.27. The van der Waals surface area contributed by atoms with Crippen LogP contribution in [0.15, 0.2) is 75.4 Å². The number of hydrogen-bond donors (Lipinski definition) is 1. The van der Waals surface area contributed by atoms with Gasteiger partial charge in [0.2, 0.25) is 0 Å². The summed E-state index contributed by atoms with van der Waals surface area (Å²) >= 11 is 19.4. The van der Waals surface area contributed by atoms with Crippen LogP contribution in [0.1, 0.15) is 11.1 Å². The third-order valence-electron chi connectivity index (χ3n) is 4.57. The molecule has 4 nitrogen and oxygen atoms in total. The Morgan fingerprint density at radius 2 is 1.61 bits per heavy atom. The van der Waals surface area contributed by atoms with Crippen molar-refractivity contribution in [3.8, 4) is 0 Å². The lowest BCUT2D eigenvalue weighted by Gasteiger charge is -2.19. The standard InChI is InChI=1S/C22H14Cl3NO3S2/c23-14-6-4-13(5-7-14)10-21-22(27)26-19-11-15(8-9-20(19)30-21)31(28,29)12-16-17(24)2-1-3-18(16)25/h1-11H,12H2,(H,26,27)/b21-10+. The lowest BCUT2D eigenvalue weighted by molar-refractivity contribution is -0.112. The van der Waals surface area contributed by atoms with Gasteiger partial charge < -0.3 is 5.32 Å². The van der Waals surface area contributed by atoms with Crippen LogP contribution in [0, 0.1) is 0 Å². The minimum absolute atomic E-state index is 0.0771. The Morgan fingerprint density at radius 3 is 2.29 bits per heavy atom. The van der Waals surface area contributed by atoms with Gasteiger partial charge in [-0.05, 0) is 54.1 Å². The molecule has 0 spiro atoms. The smallest absolute Gasteiger partial charge is 0.262 e. The maximum atomic E-state index is 12.9. The Morgan fingerprint density at radius 1 is 0.935 bits per heavy atom. The normalized spacial score (nSPS) is 14.9. The molecular formula is C22H14Cl3NO3S2. The van der Waals surface area contributed by atoms with E-state index in [1.807, 2.05) is 12.1 Å². The van der Waals surface area contributed by atoms with Crippen LogP contribution >= 0.6 is 46.6 Å². The van der Waals surface area contributed by atoms with Crippen molar-refractivity contribution >= 4 is 74.1 Å². The van der Waals surface area contributed by atoms with Crippen molar-refractivity contribution in [1.29, 1.82) is 0 Å². The van der Waals surface area contributed by atoms with Gasteiger partial charge in [0.25, 0.3) is 5.91 Å². The number of hydrogen-bond acceptors (Lipinski definition) is 4. The molecule has 0 aromatic heterocycles. The number of carbonyl (C=O) groups is 1. The lowest BCUT2D eigenvalue weighted by atomic mass is 10.2. The summed E-state index contributed by atoms with van der Waals surface area (Å²) in [6, 6.07) is 16.6. The fraction of sp³-hybridized carbons (Fsp3) is 0.0455. The van der Waals surface area contributed by atoms with Crippen LogP contribution in [0.3, 0.4) is 0 Å². The van der Waals surface area contributed by atoms with Gasteiger partial charge in [0.1, 0.15) is 0 Å². The molecule has 4 rings (SSSR count). The predicted molar refractivity (Wildman–Crippen MR) is 128 cm³/mol. The van der Waals surface area contributed by atoms with Gasteiger partial charge in [-0.3, -0.25) is 4.79 Å². The van der Waals surface area contributed by atoms with Gasteiger partial charge in [-0.15, -0.1) is 0 Å². The Hall–Kier alpha value is -1.96. The van der Waals surface area contributed by atoms with Crippen LogP contribution in [0.2, 0.25) is 15.1 Å². The minimum Gasteiger partial charge on any atom is -0.320 e. The second kappa shape index (κ2) is 8.88. The highest BCUT2D eigenvalue weighted by atomic mass is 35.5. The van der Waals surface area contributed by atoms with Crippen molar-refractivity contribution < 1.29 is 13.2 Å². The highest BCUT2D eigenvalue weighted by molar-refractivity contribution is 8.04. The summed E-state index contributed by atoms with van der Waals surface area (Å²) in [5, 5.41) is 3.96. The molecule has 0 fully saturated rings. The van der Waals surface area contributed by atoms with Crippen LogP contribution < -0.4 is 5.32 Å². The number of amides is 1. The molecule has 9 heteroatoms. The molecule has 1 heterocycles. The van der Waals surface area contributed by atoms with Crippen LogP contribution in [0.4, 0.5) is 5.69 Å². The number of carbonyl (C=O) groups excluding carboxylic acids is 1. The topological polar surface area (TPSA) is 63.2 Å². The molecule has 31 heavy (non-hydrogen) atoms. The van der Waals surface area contributed by atoms with Crippen molar-refractivity contribution in [2.24, 2.45) is 0 Å². The summed E-state index contributed by atoms with van der Waals surface area (Å²) in [5.41, 5.74) is 1.62. The Kier molecular flexibility index (Phi) is 6.37. The van der Waals surface area contributed by atoms with Gasteiger partial charge in [-0.1, -0.05) is 64.8 Å². The number of benzene rings is 3. The minimum atomic E-state index is -3.73. The van der Waals surface area contributed by atoms with Crippen molar-refractivity contribution in [3.63, 3.8) is 0 Å². The second-order valence-corrected chi connectivity index (χ2v) is 11.1. The fourth-order valence-electron chi connectivity index (χ4n) is 2.99. The third kappa shape index (κ3) is 4.94. The number of halogens is 3. The monoisotopic (exact) mass is 509 g/mol. The molecule has 1 aliphatic rings. The first kappa shape index (κ1) is 22.2. The van der Waals surface area contributed by atoms with E-state index >= 15 is 0 Å². The van der Waals surface area contributed by atoms with E-state index in [4.69, 9.17) is 34.8 Å². The largest absolute Gasteiger partial charge is 0.320 e. The summed E-state index contributed by atoms with van der Waals surface area (Å²) in [6.45, 7) is 0. The van der Waals surface area contributed by atoms with E-state index in [9.17, 15) is 13.2 Å². The molecule has 1 amide bonds. The zero-order chi connectivity index (χ0) is 22.2. The van der Waals surface area contributed by atoms with Crippen LogP contribution in [0.5, 0.6) is 0 Å². The van der Waals surface area contributed by atoms with E-state index in [2.05, 4.69) is 5.32 Å². The van der Waals surface area contributed by atoms with Gasteiger partial charge in [-0.25, -0.2) is 8.42 Å². The van der Waals surface area contributed by atoms with Crippen molar-refractivity contribution in [2.45, 2.75) is 15.5 Å². The van der Waals surface area contributed by atoms with E-state index in [1.165, 1.54) is 23.9 Å². The molecule has 3 aromatic carbocycles. The summed E-state index contributed by atoms with van der Waals surface area (Å²) in [4.78, 5) is 13.9. The molecular weight excluding hydrogens is 497 g/mol. The fourth-order valence-corrected chi connectivity index (χ4v) is 6.16. The molecule has 1 aliphatic heterocycles. The van der Waals surface area contributed by atoms with E-state index < -0.39 is 9.84 Å². The van der Waals surface area contributed by atoms with Gasteiger partial charge in [0.05, 0.1) is 21.2 Å². The molecule has 0 aliphatic carbocycles. The second-order valence-electron chi connectivity index (χ2n) is 6.73. The zero-order valence-corrected chi connectivity index (χ0v) is 19.6. The number of rotatable bonds is 4. The van der Waals surface area contributed by atoms with E-state index in [-0.39, 0.29) is 26.6 Å². The van der Waals surface area contributed by atoms with E-state index in [0.29, 0.717) is 21.2 Å². The number of nitrogens with one attached hydrogen (secondary N) is 1. The van der Waals surface area contributed by atoms with E-state index in [1.54, 1.807) is 42.5 Å². The molecule has 0 unspecified atom stereocenters. The van der Waals surface area contributed by atoms with E-state index in [0.717, 1.165) is 10.5 Å². The molecule has 0 bridgehead atoms. The predicted octanol–water partition coefficient (Wildman–Crippen LogP) is 6.71. The zero-order valence-electron chi connectivity index (χ0n) is 15.7. The van der Waals surface area contributed by atoms with Crippen molar-refractivity contribution in [3.05, 3.63) is 91.8 Å². The maximum Gasteiger partial charge on any atom is 0.262 e. The quantitative estimate of drug-likeness (QED) is 0.396. The molecule has 1 N–H and O–H groups in total. The molecule has 0 radical (unpaired) electrons. The summed E-state index contributed by atoms with van der Waals surface area (Å²) in [6.07, 6.45) is 1.75. The highest BCUT2D eigenvalue weighted by Gasteiger charge is 2.25. The lowest BCUT2D eigenvalue weighted by Crippen LogP contribution is -2.18. The maximum absolute atomic E-state index is 12.9. The summed E-state index contributed by atoms with van der Waals surface area (Å²) in [7, 11) is -3.73. The van der Waals surface area contributed by atoms with Crippen molar-refractivity contribution in [2.75, 3.05) is 5.32 Å². The Labute approximate surface area is 199 Å². The SMILES string of the molecule is O=C1Nc2cc(S(=O)(=O)Cc3c(Cl)cccc3Cl)ccc2S/C1=C/c1ccc(Cl)cc1. The Bertz CT molecular complexity index is 1300.